The summed E-state index contributed by atoms with van der Waals surface area (Å²) in [5.74, 6) is -1.06. The van der Waals surface area contributed by atoms with E-state index in [2.05, 4.69) is 4.98 Å². The molecule has 3 rings (SSSR count). The van der Waals surface area contributed by atoms with Crippen LogP contribution in [0.15, 0.2) is 30.5 Å². The number of carbonyl (C=O) groups excluding carboxylic acids is 1. The van der Waals surface area contributed by atoms with E-state index < -0.39 is 17.8 Å². The lowest BCUT2D eigenvalue weighted by Gasteiger charge is -2.26. The van der Waals surface area contributed by atoms with Crippen LogP contribution in [-0.4, -0.2) is 22.1 Å². The number of fused-ring (bicyclic) bond motifs is 1. The van der Waals surface area contributed by atoms with Gasteiger partial charge in [0.2, 0.25) is 0 Å². The van der Waals surface area contributed by atoms with Gasteiger partial charge >= 0.3 is 0 Å². The molecular formula is C14H11ClFN3O3. The van der Waals surface area contributed by atoms with Gasteiger partial charge in [0.1, 0.15) is 5.75 Å². The standard InChI is InChI=1S/C14H11ClFN3O3/c15-9-2-1-3-10(16)12(9)22-8-4-7-5-11(17)14(20)19(21)13(7)18-6-8/h1-4,6,11,21H,5,17H2/t11-/m0/s1. The van der Waals surface area contributed by atoms with E-state index in [4.69, 9.17) is 22.1 Å². The lowest BCUT2D eigenvalue weighted by atomic mass is 10.0. The molecule has 8 heteroatoms. The second kappa shape index (κ2) is 5.53. The first-order valence-corrected chi connectivity index (χ1v) is 6.74. The van der Waals surface area contributed by atoms with Crippen molar-refractivity contribution in [2.45, 2.75) is 12.5 Å². The van der Waals surface area contributed by atoms with Gasteiger partial charge in [-0.05, 0) is 18.2 Å². The average Bonchev–Trinajstić information content (AvgIpc) is 2.49. The number of hydrogen-bond acceptors (Lipinski definition) is 5. The van der Waals surface area contributed by atoms with Gasteiger partial charge in [-0.2, -0.15) is 5.06 Å². The van der Waals surface area contributed by atoms with Crippen LogP contribution in [0.2, 0.25) is 5.02 Å². The topological polar surface area (TPSA) is 88.7 Å². The first-order chi connectivity index (χ1) is 10.5. The number of nitrogens with zero attached hydrogens (tertiary/aromatic N) is 2. The van der Waals surface area contributed by atoms with Gasteiger partial charge in [0.15, 0.2) is 17.4 Å². The minimum absolute atomic E-state index is 0.0821. The van der Waals surface area contributed by atoms with Gasteiger partial charge in [0.05, 0.1) is 17.3 Å². The van der Waals surface area contributed by atoms with Crippen LogP contribution < -0.4 is 15.5 Å². The molecule has 0 fully saturated rings. The number of hydroxylamine groups is 1. The fourth-order valence-corrected chi connectivity index (χ4v) is 2.36. The third-order valence-electron chi connectivity index (χ3n) is 3.22. The Kier molecular flexibility index (Phi) is 3.69. The zero-order valence-electron chi connectivity index (χ0n) is 11.2. The molecule has 22 heavy (non-hydrogen) atoms. The van der Waals surface area contributed by atoms with E-state index in [1.807, 2.05) is 0 Å². The first-order valence-electron chi connectivity index (χ1n) is 6.36. The van der Waals surface area contributed by atoms with Crippen molar-refractivity contribution < 1.29 is 19.1 Å². The lowest BCUT2D eigenvalue weighted by molar-refractivity contribution is -0.125. The van der Waals surface area contributed by atoms with Crippen LogP contribution in [0.5, 0.6) is 11.5 Å². The Morgan fingerprint density at radius 1 is 1.50 bits per heavy atom. The second-order valence-corrected chi connectivity index (χ2v) is 5.17. The van der Waals surface area contributed by atoms with Crippen LogP contribution in [-0.2, 0) is 11.2 Å². The summed E-state index contributed by atoms with van der Waals surface area (Å²) in [6.07, 6.45) is 1.45. The van der Waals surface area contributed by atoms with E-state index in [1.54, 1.807) is 0 Å². The molecule has 1 amide bonds. The Bertz CT molecular complexity index is 736. The predicted molar refractivity (Wildman–Crippen MR) is 76.7 cm³/mol. The number of benzene rings is 1. The van der Waals surface area contributed by atoms with Gasteiger partial charge in [-0.25, -0.2) is 9.37 Å². The average molecular weight is 324 g/mol. The van der Waals surface area contributed by atoms with Crippen molar-refractivity contribution in [3.05, 3.63) is 46.9 Å². The third kappa shape index (κ3) is 2.50. The molecule has 0 radical (unpaired) electrons. The van der Waals surface area contributed by atoms with Gasteiger partial charge in [0.25, 0.3) is 5.91 Å². The fraction of sp³-hybridized carbons (Fsp3) is 0.143. The number of halogens is 2. The van der Waals surface area contributed by atoms with Crippen LogP contribution >= 0.6 is 11.6 Å². The summed E-state index contributed by atoms with van der Waals surface area (Å²) in [6, 6.07) is 4.84. The highest BCUT2D eigenvalue weighted by Crippen LogP contribution is 2.34. The van der Waals surface area contributed by atoms with Gasteiger partial charge in [0, 0.05) is 12.0 Å². The second-order valence-electron chi connectivity index (χ2n) is 4.77. The van der Waals surface area contributed by atoms with E-state index in [9.17, 15) is 14.4 Å². The van der Waals surface area contributed by atoms with E-state index >= 15 is 0 Å². The molecule has 1 atom stereocenters. The molecule has 1 aromatic carbocycles. The number of pyridine rings is 1. The van der Waals surface area contributed by atoms with Crippen molar-refractivity contribution in [3.8, 4) is 11.5 Å². The molecule has 1 aliphatic rings. The van der Waals surface area contributed by atoms with Crippen LogP contribution in [0, 0.1) is 5.82 Å². The number of hydrogen-bond donors (Lipinski definition) is 2. The summed E-state index contributed by atoms with van der Waals surface area (Å²) in [7, 11) is 0. The Hall–Kier alpha value is -2.22. The maximum absolute atomic E-state index is 13.7. The summed E-state index contributed by atoms with van der Waals surface area (Å²) in [4.78, 5) is 15.5. The van der Waals surface area contributed by atoms with Crippen LogP contribution in [0.1, 0.15) is 5.56 Å². The van der Waals surface area contributed by atoms with Crippen molar-refractivity contribution >= 4 is 23.3 Å². The minimum Gasteiger partial charge on any atom is -0.451 e. The molecule has 3 N–H and O–H groups in total. The van der Waals surface area contributed by atoms with Crippen LogP contribution in [0.4, 0.5) is 10.2 Å². The highest BCUT2D eigenvalue weighted by Gasteiger charge is 2.31. The van der Waals surface area contributed by atoms with Crippen molar-refractivity contribution in [2.24, 2.45) is 5.73 Å². The number of para-hydroxylation sites is 1. The zero-order chi connectivity index (χ0) is 15.9. The van der Waals surface area contributed by atoms with Gasteiger partial charge in [-0.1, -0.05) is 17.7 Å². The summed E-state index contributed by atoms with van der Waals surface area (Å²) in [5.41, 5.74) is 6.15. The number of ether oxygens (including phenoxy) is 1. The molecule has 114 valence electrons. The van der Waals surface area contributed by atoms with E-state index in [-0.39, 0.29) is 28.8 Å². The Morgan fingerprint density at radius 3 is 3.00 bits per heavy atom. The number of aromatic nitrogens is 1. The number of anilines is 1. The molecule has 1 aromatic heterocycles. The maximum atomic E-state index is 13.7. The summed E-state index contributed by atoms with van der Waals surface area (Å²) >= 11 is 5.89. The molecule has 0 unspecified atom stereocenters. The van der Waals surface area contributed by atoms with Crippen molar-refractivity contribution in [1.29, 1.82) is 0 Å². The van der Waals surface area contributed by atoms with E-state index in [0.717, 1.165) is 0 Å². The maximum Gasteiger partial charge on any atom is 0.269 e. The number of rotatable bonds is 2. The summed E-state index contributed by atoms with van der Waals surface area (Å²) in [5, 5.41) is 10.2. The predicted octanol–water partition coefficient (Wildman–Crippen LogP) is 2.27. The molecular weight excluding hydrogens is 313 g/mol. The summed E-state index contributed by atoms with van der Waals surface area (Å²) < 4.78 is 19.1. The smallest absolute Gasteiger partial charge is 0.269 e. The molecule has 2 heterocycles. The third-order valence-corrected chi connectivity index (χ3v) is 3.52. The number of nitrogens with two attached hydrogens (primary N) is 1. The highest BCUT2D eigenvalue weighted by molar-refractivity contribution is 6.32. The lowest BCUT2D eigenvalue weighted by Crippen LogP contribution is -2.47. The number of amides is 1. The van der Waals surface area contributed by atoms with Crippen LogP contribution in [0.25, 0.3) is 0 Å². The van der Waals surface area contributed by atoms with Gasteiger partial charge in [-0.15, -0.1) is 0 Å². The highest BCUT2D eigenvalue weighted by atomic mass is 35.5. The molecule has 2 aromatic rings. The molecule has 1 aliphatic heterocycles. The van der Waals surface area contributed by atoms with Gasteiger partial charge < -0.3 is 10.5 Å². The normalized spacial score (nSPS) is 17.4. The largest absolute Gasteiger partial charge is 0.451 e. The molecule has 0 saturated heterocycles. The monoisotopic (exact) mass is 323 g/mol. The molecule has 0 saturated carbocycles. The zero-order valence-corrected chi connectivity index (χ0v) is 11.9. The van der Waals surface area contributed by atoms with E-state index in [1.165, 1.54) is 30.5 Å². The Labute approximate surface area is 129 Å². The fourth-order valence-electron chi connectivity index (χ4n) is 2.16. The quantitative estimate of drug-likeness (QED) is 0.828. The van der Waals surface area contributed by atoms with Crippen molar-refractivity contribution in [3.63, 3.8) is 0 Å². The number of carbonyl (C=O) groups is 1. The van der Waals surface area contributed by atoms with Gasteiger partial charge in [-0.3, -0.25) is 10.0 Å². The van der Waals surface area contributed by atoms with Crippen LogP contribution in [0.3, 0.4) is 0 Å². The minimum atomic E-state index is -0.869. The Morgan fingerprint density at radius 2 is 2.27 bits per heavy atom. The summed E-state index contributed by atoms with van der Waals surface area (Å²) in [6.45, 7) is 0. The van der Waals surface area contributed by atoms with Crippen molar-refractivity contribution in [2.75, 3.05) is 5.06 Å². The molecule has 6 nitrogen and oxygen atoms in total. The molecule has 0 spiro atoms. The SMILES string of the molecule is N[C@H]1Cc2cc(Oc3c(F)cccc3Cl)cnc2N(O)C1=O. The van der Waals surface area contributed by atoms with Crippen molar-refractivity contribution in [1.82, 2.24) is 4.98 Å². The Balaban J connectivity index is 1.95. The van der Waals surface area contributed by atoms with E-state index in [0.29, 0.717) is 10.6 Å². The first kappa shape index (κ1) is 14.7. The molecule has 0 bridgehead atoms. The molecule has 0 aliphatic carbocycles.